The van der Waals surface area contributed by atoms with Gasteiger partial charge in [0, 0.05) is 11.6 Å². The molecule has 3 aromatic carbocycles. The summed E-state index contributed by atoms with van der Waals surface area (Å²) >= 11 is 5.91. The number of halogens is 1. The molecule has 1 N–H and O–H groups in total. The van der Waals surface area contributed by atoms with Gasteiger partial charge < -0.3 is 5.32 Å². The Labute approximate surface area is 201 Å². The van der Waals surface area contributed by atoms with Gasteiger partial charge in [0.15, 0.2) is 0 Å². The van der Waals surface area contributed by atoms with Crippen molar-refractivity contribution in [2.45, 2.75) is 38.0 Å². The molecule has 33 heavy (non-hydrogen) atoms. The molecular weight excluding hydrogens is 456 g/mol. The van der Waals surface area contributed by atoms with Crippen LogP contribution < -0.4 is 9.62 Å². The zero-order chi connectivity index (χ0) is 24.0. The van der Waals surface area contributed by atoms with E-state index < -0.39 is 10.0 Å². The molecule has 0 saturated carbocycles. The highest BCUT2D eigenvalue weighted by Crippen LogP contribution is 2.26. The first-order chi connectivity index (χ1) is 15.7. The van der Waals surface area contributed by atoms with Gasteiger partial charge in [-0.2, -0.15) is 0 Å². The Morgan fingerprint density at radius 2 is 1.55 bits per heavy atom. The van der Waals surface area contributed by atoms with E-state index in [1.807, 2.05) is 31.2 Å². The summed E-state index contributed by atoms with van der Waals surface area (Å²) in [7, 11) is -3.92. The van der Waals surface area contributed by atoms with Gasteiger partial charge in [-0.1, -0.05) is 67.4 Å². The largest absolute Gasteiger partial charge is 0.354 e. The molecule has 3 aromatic rings. The van der Waals surface area contributed by atoms with E-state index in [-0.39, 0.29) is 17.3 Å². The average molecular weight is 485 g/mol. The molecule has 0 spiro atoms. The van der Waals surface area contributed by atoms with Crippen LogP contribution in [-0.4, -0.2) is 27.4 Å². The number of amides is 1. The molecule has 0 saturated heterocycles. The maximum absolute atomic E-state index is 13.5. The van der Waals surface area contributed by atoms with Crippen molar-refractivity contribution >= 4 is 33.2 Å². The average Bonchev–Trinajstić information content (AvgIpc) is 2.79. The number of nitrogens with one attached hydrogen (secondary N) is 1. The first-order valence-electron chi connectivity index (χ1n) is 10.9. The molecular formula is C26H29ClN2O3S. The number of carbonyl (C=O) groups excluding carboxylic acids is 1. The van der Waals surface area contributed by atoms with Crippen LogP contribution in [0.2, 0.25) is 5.02 Å². The van der Waals surface area contributed by atoms with Gasteiger partial charge in [-0.3, -0.25) is 9.10 Å². The van der Waals surface area contributed by atoms with Crippen LogP contribution in [0.1, 0.15) is 36.5 Å². The summed E-state index contributed by atoms with van der Waals surface area (Å²) in [5.74, 6) is -0.0510. The van der Waals surface area contributed by atoms with Crippen LogP contribution in [0.25, 0.3) is 0 Å². The van der Waals surface area contributed by atoms with E-state index >= 15 is 0 Å². The molecule has 0 unspecified atom stereocenters. The van der Waals surface area contributed by atoms with Crippen LogP contribution in [0.3, 0.4) is 0 Å². The van der Waals surface area contributed by atoms with Gasteiger partial charge in [-0.15, -0.1) is 0 Å². The van der Waals surface area contributed by atoms with Crippen molar-refractivity contribution in [1.82, 2.24) is 5.32 Å². The van der Waals surface area contributed by atoms with E-state index in [0.29, 0.717) is 29.6 Å². The number of hydrogen-bond donors (Lipinski definition) is 1. The molecule has 0 bridgehead atoms. The lowest BCUT2D eigenvalue weighted by Gasteiger charge is -2.24. The van der Waals surface area contributed by atoms with Gasteiger partial charge in [0.25, 0.3) is 10.0 Å². The maximum Gasteiger partial charge on any atom is 0.264 e. The van der Waals surface area contributed by atoms with Crippen LogP contribution >= 0.6 is 11.6 Å². The zero-order valence-electron chi connectivity index (χ0n) is 19.1. The third-order valence-electron chi connectivity index (χ3n) is 5.39. The van der Waals surface area contributed by atoms with Crippen LogP contribution in [0, 0.1) is 6.92 Å². The Kier molecular flexibility index (Phi) is 8.16. The quantitative estimate of drug-likeness (QED) is 0.446. The highest BCUT2D eigenvalue weighted by molar-refractivity contribution is 7.92. The number of hydrogen-bond acceptors (Lipinski definition) is 3. The van der Waals surface area contributed by atoms with Gasteiger partial charge >= 0.3 is 0 Å². The molecule has 174 valence electrons. The minimum atomic E-state index is -3.92. The number of rotatable bonds is 9. The Hall–Kier alpha value is -2.83. The molecule has 1 amide bonds. The number of nitrogens with zero attached hydrogens (tertiary/aromatic N) is 1. The molecule has 0 atom stereocenters. The fourth-order valence-electron chi connectivity index (χ4n) is 3.36. The summed E-state index contributed by atoms with van der Waals surface area (Å²) in [5.41, 5.74) is 3.54. The van der Waals surface area contributed by atoms with Crippen molar-refractivity contribution in [2.75, 3.05) is 17.4 Å². The molecule has 0 aliphatic carbocycles. The number of sulfonamides is 1. The SMILES string of the molecule is Cc1ccc(S(=O)(=O)N(CC(=O)NCCc2ccc(Cl)cc2)c2ccc(C(C)C)cc2)cc1. The number of anilines is 1. The predicted molar refractivity (Wildman–Crippen MR) is 134 cm³/mol. The van der Waals surface area contributed by atoms with Gasteiger partial charge in [0.1, 0.15) is 6.54 Å². The Bertz CT molecular complexity index is 1170. The van der Waals surface area contributed by atoms with Crippen molar-refractivity contribution < 1.29 is 13.2 Å². The molecule has 0 radical (unpaired) electrons. The van der Waals surface area contributed by atoms with Crippen LogP contribution in [0.4, 0.5) is 5.69 Å². The second-order valence-corrected chi connectivity index (χ2v) is 10.6. The van der Waals surface area contributed by atoms with E-state index in [2.05, 4.69) is 19.2 Å². The third kappa shape index (κ3) is 6.59. The third-order valence-corrected chi connectivity index (χ3v) is 7.43. The lowest BCUT2D eigenvalue weighted by atomic mass is 10.0. The normalized spacial score (nSPS) is 11.4. The van der Waals surface area contributed by atoms with Crippen LogP contribution in [0.5, 0.6) is 0 Å². The van der Waals surface area contributed by atoms with Crippen molar-refractivity contribution in [3.63, 3.8) is 0 Å². The van der Waals surface area contributed by atoms with Crippen molar-refractivity contribution in [3.05, 3.63) is 94.5 Å². The molecule has 0 aromatic heterocycles. The van der Waals surface area contributed by atoms with Crippen molar-refractivity contribution in [2.24, 2.45) is 0 Å². The first kappa shape index (κ1) is 24.8. The highest BCUT2D eigenvalue weighted by Gasteiger charge is 2.27. The summed E-state index contributed by atoms with van der Waals surface area (Å²) in [6.45, 7) is 6.13. The fraction of sp³-hybridized carbons (Fsp3) is 0.269. The molecule has 0 aliphatic heterocycles. The standard InChI is InChI=1S/C26H29ClN2O3S/c1-19(2)22-8-12-24(13-9-22)29(33(31,32)25-14-4-20(3)5-15-25)18-26(30)28-17-16-21-6-10-23(27)11-7-21/h4-15,19H,16-18H2,1-3H3,(H,28,30). The van der Waals surface area contributed by atoms with Crippen LogP contribution in [-0.2, 0) is 21.2 Å². The van der Waals surface area contributed by atoms with Crippen molar-refractivity contribution in [1.29, 1.82) is 0 Å². The second-order valence-electron chi connectivity index (χ2n) is 8.30. The van der Waals surface area contributed by atoms with E-state index in [4.69, 9.17) is 11.6 Å². The smallest absolute Gasteiger partial charge is 0.264 e. The lowest BCUT2D eigenvalue weighted by Crippen LogP contribution is -2.41. The second kappa shape index (κ2) is 10.9. The summed E-state index contributed by atoms with van der Waals surface area (Å²) in [5, 5.41) is 3.49. The van der Waals surface area contributed by atoms with E-state index in [1.165, 1.54) is 4.31 Å². The van der Waals surface area contributed by atoms with Gasteiger partial charge in [0.2, 0.25) is 5.91 Å². The number of carbonyl (C=O) groups is 1. The van der Waals surface area contributed by atoms with Gasteiger partial charge in [-0.25, -0.2) is 8.42 Å². The molecule has 5 nitrogen and oxygen atoms in total. The highest BCUT2D eigenvalue weighted by atomic mass is 35.5. The van der Waals surface area contributed by atoms with Crippen LogP contribution in [0.15, 0.2) is 77.7 Å². The topological polar surface area (TPSA) is 66.5 Å². The molecule has 3 rings (SSSR count). The van der Waals surface area contributed by atoms with Gasteiger partial charge in [-0.05, 0) is 66.8 Å². The zero-order valence-corrected chi connectivity index (χ0v) is 20.7. The Balaban J connectivity index is 1.79. The Morgan fingerprint density at radius 1 is 0.939 bits per heavy atom. The molecule has 0 heterocycles. The summed E-state index contributed by atoms with van der Waals surface area (Å²) in [6.07, 6.45) is 0.622. The van der Waals surface area contributed by atoms with Crippen molar-refractivity contribution in [3.8, 4) is 0 Å². The summed E-state index contributed by atoms with van der Waals surface area (Å²) in [6, 6.07) is 21.3. The number of aryl methyl sites for hydroxylation is 1. The van der Waals surface area contributed by atoms with Gasteiger partial charge in [0.05, 0.1) is 10.6 Å². The van der Waals surface area contributed by atoms with E-state index in [9.17, 15) is 13.2 Å². The Morgan fingerprint density at radius 3 is 2.12 bits per heavy atom. The lowest BCUT2D eigenvalue weighted by molar-refractivity contribution is -0.119. The number of benzene rings is 3. The predicted octanol–water partition coefficient (Wildman–Crippen LogP) is 5.33. The summed E-state index contributed by atoms with van der Waals surface area (Å²) < 4.78 is 28.1. The fourth-order valence-corrected chi connectivity index (χ4v) is 4.91. The molecule has 7 heteroatoms. The van der Waals surface area contributed by atoms with E-state index in [0.717, 1.165) is 16.7 Å². The monoisotopic (exact) mass is 484 g/mol. The minimum Gasteiger partial charge on any atom is -0.354 e. The minimum absolute atomic E-state index is 0.148. The molecule has 0 fully saturated rings. The van der Waals surface area contributed by atoms with E-state index in [1.54, 1.807) is 48.5 Å². The summed E-state index contributed by atoms with van der Waals surface area (Å²) in [4.78, 5) is 12.9. The molecule has 0 aliphatic rings. The first-order valence-corrected chi connectivity index (χ1v) is 12.7. The maximum atomic E-state index is 13.5.